The zero-order valence-corrected chi connectivity index (χ0v) is 76.2. The molecule has 0 radical (unpaired) electrons. The summed E-state index contributed by atoms with van der Waals surface area (Å²) in [6.07, 6.45) is 31.6. The molecule has 19 atom stereocenters. The molecule has 704 valence electrons. The van der Waals surface area contributed by atoms with Crippen LogP contribution >= 0.6 is 7.82 Å². The van der Waals surface area contributed by atoms with Crippen LogP contribution in [0, 0.1) is 5.92 Å². The Morgan fingerprint density at radius 3 is 1.08 bits per heavy atom. The lowest BCUT2D eigenvalue weighted by molar-refractivity contribution is -0.360. The van der Waals surface area contributed by atoms with Gasteiger partial charge in [-0.05, 0) is 83.0 Å². The normalized spacial score (nSPS) is 25.1. The van der Waals surface area contributed by atoms with Gasteiger partial charge in [-0.1, -0.05) is 335 Å². The van der Waals surface area contributed by atoms with Crippen LogP contribution in [0.1, 0.15) is 413 Å². The maximum absolute atomic E-state index is 14.9. The number of phosphoric acid groups is 1. The third-order valence-electron chi connectivity index (χ3n) is 23.8. The van der Waals surface area contributed by atoms with Gasteiger partial charge in [0.05, 0.1) is 13.2 Å². The van der Waals surface area contributed by atoms with E-state index in [1.54, 1.807) is 0 Å². The third-order valence-corrected chi connectivity index (χ3v) is 24.8. The van der Waals surface area contributed by atoms with Crippen LogP contribution in [0.15, 0.2) is 24.3 Å². The van der Waals surface area contributed by atoms with Crippen molar-refractivity contribution < 1.29 is 122 Å². The number of rotatable bonds is 78. The fraction of sp³-hybridized carbons (Fsp3) is 0.915. The molecular weight excluding hydrogens is 1560 g/mol. The first kappa shape index (κ1) is 111. The van der Waals surface area contributed by atoms with Gasteiger partial charge < -0.3 is 88.7 Å². The summed E-state index contributed by atoms with van der Waals surface area (Å²) in [5.74, 6) is -2.34. The molecule has 25 nitrogen and oxygen atoms in total. The summed E-state index contributed by atoms with van der Waals surface area (Å²) >= 11 is 0. The average Bonchev–Trinajstić information content (AvgIpc) is 0.754. The summed E-state index contributed by atoms with van der Waals surface area (Å²) in [6.45, 7) is 7.89. The van der Waals surface area contributed by atoms with E-state index in [0.29, 0.717) is 38.0 Å². The predicted octanol–water partition coefficient (Wildman–Crippen LogP) is 18.4. The number of ether oxygens (including phenoxy) is 8. The van der Waals surface area contributed by atoms with Crippen molar-refractivity contribution in [3.05, 3.63) is 24.3 Å². The molecule has 1 saturated carbocycles. The van der Waals surface area contributed by atoms with E-state index in [4.69, 9.17) is 46.9 Å². The minimum atomic E-state index is -5.81. The van der Waals surface area contributed by atoms with Crippen molar-refractivity contribution >= 4 is 31.7 Å². The van der Waals surface area contributed by atoms with Crippen LogP contribution in [0.3, 0.4) is 0 Å². The minimum absolute atomic E-state index is 0.00935. The van der Waals surface area contributed by atoms with Crippen LogP contribution < -0.4 is 0 Å². The van der Waals surface area contributed by atoms with Crippen LogP contribution in [0.25, 0.3) is 0 Å². The van der Waals surface area contributed by atoms with Gasteiger partial charge in [0.25, 0.3) is 0 Å². The van der Waals surface area contributed by atoms with Gasteiger partial charge in [-0.3, -0.25) is 28.2 Å². The first-order valence-corrected chi connectivity index (χ1v) is 50.0. The van der Waals surface area contributed by atoms with Gasteiger partial charge in [-0.2, -0.15) is 0 Å². The summed E-state index contributed by atoms with van der Waals surface area (Å²) in [5.41, 5.74) is 0. The lowest BCUT2D eigenvalue weighted by Gasteiger charge is -2.50. The Bertz CT molecular complexity index is 2600. The molecule has 2 aliphatic heterocycles. The van der Waals surface area contributed by atoms with Crippen LogP contribution in [0.4, 0.5) is 0 Å². The smallest absolute Gasteiger partial charge is 0.463 e. The number of allylic oxidation sites excluding steroid dienone is 4. The van der Waals surface area contributed by atoms with Crippen molar-refractivity contribution in [2.75, 3.05) is 26.4 Å². The maximum Gasteiger partial charge on any atom is 0.472 e. The van der Waals surface area contributed by atoms with E-state index in [0.717, 1.165) is 167 Å². The Morgan fingerprint density at radius 1 is 0.350 bits per heavy atom. The number of hydrogen-bond donors (Lipinski definition) is 10. The summed E-state index contributed by atoms with van der Waals surface area (Å²) in [7, 11) is -5.81. The number of hydrogen-bond acceptors (Lipinski definition) is 24. The molecule has 2 saturated heterocycles. The second kappa shape index (κ2) is 71.9. The average molecular weight is 1730 g/mol. The van der Waals surface area contributed by atoms with Gasteiger partial charge in [0.1, 0.15) is 92.6 Å². The first-order chi connectivity index (χ1) is 58.1. The molecule has 0 spiro atoms. The van der Waals surface area contributed by atoms with Crippen LogP contribution in [0.2, 0.25) is 0 Å². The number of esters is 4. The van der Waals surface area contributed by atoms with E-state index >= 15 is 0 Å². The Labute approximate surface area is 724 Å². The predicted molar refractivity (Wildman–Crippen MR) is 467 cm³/mol. The molecule has 1 aliphatic carbocycles. The summed E-state index contributed by atoms with van der Waals surface area (Å²) in [6, 6.07) is 0. The minimum Gasteiger partial charge on any atom is -0.463 e. The van der Waals surface area contributed by atoms with Crippen LogP contribution in [-0.4, -0.2) is 205 Å². The number of unbranched alkanes of at least 4 members (excludes halogenated alkanes) is 46. The SMILES string of the molecule is CCCCCC/C=C\CCCCCCCCCC(=O)OCC(COP(=O)(O)OC1C(OC2OC(CO)C(O)C(O)C2O)C(O)C(O)C(OC(=O)CCCCCCCCC(C)CCCCCCCC)C1OC1OC(COC(=O)CCCCCCCCC/C=C\CCCCCC)C(O)C(O)C1O)OC(=O)CCCCCCCCCCCCCCCCC. The third kappa shape index (κ3) is 51.7. The summed E-state index contributed by atoms with van der Waals surface area (Å²) in [4.78, 5) is 66.6. The molecule has 3 rings (SSSR count). The molecule has 2 heterocycles. The molecule has 0 aromatic heterocycles. The zero-order valence-electron chi connectivity index (χ0n) is 75.3. The van der Waals surface area contributed by atoms with Crippen molar-refractivity contribution in [3.8, 4) is 0 Å². The van der Waals surface area contributed by atoms with E-state index < -0.39 is 162 Å². The largest absolute Gasteiger partial charge is 0.472 e. The molecule has 10 N–H and O–H groups in total. The highest BCUT2D eigenvalue weighted by molar-refractivity contribution is 7.47. The Kier molecular flexibility index (Phi) is 66.6. The highest BCUT2D eigenvalue weighted by Crippen LogP contribution is 2.49. The van der Waals surface area contributed by atoms with Crippen molar-refractivity contribution in [2.24, 2.45) is 5.92 Å². The van der Waals surface area contributed by atoms with Gasteiger partial charge in [0.15, 0.2) is 24.8 Å². The molecule has 26 heteroatoms. The van der Waals surface area contributed by atoms with E-state index in [-0.39, 0.29) is 25.7 Å². The number of carbonyl (C=O) groups is 4. The lowest BCUT2D eigenvalue weighted by atomic mass is 9.84. The van der Waals surface area contributed by atoms with Crippen molar-refractivity contribution in [2.45, 2.75) is 518 Å². The highest BCUT2D eigenvalue weighted by Gasteiger charge is 2.60. The molecule has 0 aromatic rings. The highest BCUT2D eigenvalue weighted by atomic mass is 31.2. The van der Waals surface area contributed by atoms with Crippen LogP contribution in [0.5, 0.6) is 0 Å². The lowest BCUT2D eigenvalue weighted by Crippen LogP contribution is -2.70. The maximum atomic E-state index is 14.9. The second-order valence-corrected chi connectivity index (χ2v) is 36.3. The molecule has 0 amide bonds. The molecular formula is C94H173O25P. The van der Waals surface area contributed by atoms with Gasteiger partial charge in [-0.25, -0.2) is 4.57 Å². The number of aliphatic hydroxyl groups is 9. The monoisotopic (exact) mass is 1730 g/mol. The number of aliphatic hydroxyl groups excluding tert-OH is 9. The van der Waals surface area contributed by atoms with E-state index in [1.807, 2.05) is 0 Å². The fourth-order valence-corrected chi connectivity index (χ4v) is 17.0. The van der Waals surface area contributed by atoms with Gasteiger partial charge in [-0.15, -0.1) is 0 Å². The molecule has 19 unspecified atom stereocenters. The quantitative estimate of drug-likeness (QED) is 0.00889. The van der Waals surface area contributed by atoms with E-state index in [1.165, 1.54) is 154 Å². The molecule has 0 bridgehead atoms. The number of phosphoric ester groups is 1. The molecule has 3 aliphatic rings. The standard InChI is InChI=1S/C94H173O25P/c1-6-10-14-18-22-25-28-31-34-37-40-43-46-53-59-65-77(96)110-70-74(113-79(98)67-61-55-48-45-42-39-36-33-30-27-24-20-16-12-8-3)71-112-120(108,109)119-92-90(117-93-87(106)83(102)81(100)75(69-95)114-93)86(105)85(104)89(116-80(99)68-62-56-50-49-52-58-64-73(5)63-57-51-21-17-13-9-4)91(92)118-94-88(107)84(103)82(101)76(115-94)72-111-78(97)66-60-54-47-44-41-38-35-32-29-26-23-19-15-11-7-2/h25-26,28-29,73-76,81-95,100-107H,6-24,27,30-72H2,1-5H3,(H,108,109)/b28-25-,29-26-. The molecule has 0 aromatic carbocycles. The second-order valence-electron chi connectivity index (χ2n) is 34.9. The Hall–Kier alpha value is -3.05. The van der Waals surface area contributed by atoms with E-state index in [2.05, 4.69) is 58.9 Å². The van der Waals surface area contributed by atoms with Gasteiger partial charge in [0, 0.05) is 25.7 Å². The Morgan fingerprint density at radius 2 is 0.675 bits per heavy atom. The summed E-state index contributed by atoms with van der Waals surface area (Å²) < 4.78 is 73.6. The fourth-order valence-electron chi connectivity index (χ4n) is 16.0. The van der Waals surface area contributed by atoms with Crippen LogP contribution in [-0.2, 0) is 70.7 Å². The number of carbonyl (C=O) groups excluding carboxylic acids is 4. The summed E-state index contributed by atoms with van der Waals surface area (Å²) in [5, 5.41) is 102. The van der Waals surface area contributed by atoms with Crippen molar-refractivity contribution in [1.82, 2.24) is 0 Å². The van der Waals surface area contributed by atoms with Gasteiger partial charge in [0.2, 0.25) is 0 Å². The van der Waals surface area contributed by atoms with Gasteiger partial charge >= 0.3 is 31.7 Å². The van der Waals surface area contributed by atoms with Crippen molar-refractivity contribution in [1.29, 1.82) is 0 Å². The Balaban J connectivity index is 1.92. The topological polar surface area (TPSA) is 380 Å². The molecule has 3 fully saturated rings. The molecule has 120 heavy (non-hydrogen) atoms. The van der Waals surface area contributed by atoms with E-state index in [9.17, 15) is 74.6 Å². The zero-order chi connectivity index (χ0) is 87.6. The van der Waals surface area contributed by atoms with Crippen molar-refractivity contribution in [3.63, 3.8) is 0 Å². The first-order valence-electron chi connectivity index (χ1n) is 48.5.